The molecule has 15 heavy (non-hydrogen) atoms. The molecule has 0 radical (unpaired) electrons. The van der Waals surface area contributed by atoms with Gasteiger partial charge in [0.15, 0.2) is 0 Å². The van der Waals surface area contributed by atoms with E-state index in [1.165, 1.54) is 25.0 Å². The highest BCUT2D eigenvalue weighted by Crippen LogP contribution is 2.20. The molecule has 1 nitrogen and oxygen atoms in total. The molecular weight excluding hydrogens is 182 g/mol. The SMILES string of the molecule is C=C(CC)C(CC)CCN(C)CC.CC. The van der Waals surface area contributed by atoms with Gasteiger partial charge in [-0.3, -0.25) is 0 Å². The molecule has 1 unspecified atom stereocenters. The van der Waals surface area contributed by atoms with Gasteiger partial charge in [0.25, 0.3) is 0 Å². The van der Waals surface area contributed by atoms with Crippen LogP contribution in [0.4, 0.5) is 0 Å². The van der Waals surface area contributed by atoms with Gasteiger partial charge in [0.1, 0.15) is 0 Å². The number of nitrogens with zero attached hydrogens (tertiary/aromatic N) is 1. The lowest BCUT2D eigenvalue weighted by atomic mass is 9.92. The van der Waals surface area contributed by atoms with Crippen LogP contribution in [-0.4, -0.2) is 25.0 Å². The zero-order valence-corrected chi connectivity index (χ0v) is 11.8. The standard InChI is InChI=1S/C12H25N.C2H6/c1-6-11(4)12(7-2)9-10-13(5)8-3;1-2/h12H,4,6-10H2,1-3,5H3;1-2H3. The molecule has 0 bridgehead atoms. The normalized spacial score (nSPS) is 11.9. The molecule has 0 aliphatic rings. The van der Waals surface area contributed by atoms with E-state index in [9.17, 15) is 0 Å². The van der Waals surface area contributed by atoms with Crippen molar-refractivity contribution in [2.24, 2.45) is 5.92 Å². The van der Waals surface area contributed by atoms with Crippen LogP contribution in [0.2, 0.25) is 0 Å². The Balaban J connectivity index is 0. The summed E-state index contributed by atoms with van der Waals surface area (Å²) in [5, 5.41) is 0. The molecule has 0 aliphatic carbocycles. The van der Waals surface area contributed by atoms with Crippen LogP contribution >= 0.6 is 0 Å². The summed E-state index contributed by atoms with van der Waals surface area (Å²) >= 11 is 0. The number of rotatable bonds is 7. The summed E-state index contributed by atoms with van der Waals surface area (Å²) in [5.74, 6) is 0.735. The first-order valence-electron chi connectivity index (χ1n) is 6.51. The molecule has 1 heteroatoms. The molecule has 0 aliphatic heterocycles. The lowest BCUT2D eigenvalue weighted by Gasteiger charge is -2.20. The first kappa shape index (κ1) is 17.1. The van der Waals surface area contributed by atoms with Crippen LogP contribution in [0, 0.1) is 5.92 Å². The fourth-order valence-corrected chi connectivity index (χ4v) is 1.52. The number of hydrogen-bond donors (Lipinski definition) is 0. The minimum Gasteiger partial charge on any atom is -0.307 e. The Bertz CT molecular complexity index is 140. The Morgan fingerprint density at radius 3 is 2.07 bits per heavy atom. The summed E-state index contributed by atoms with van der Waals surface area (Å²) in [4.78, 5) is 2.37. The maximum Gasteiger partial charge on any atom is -0.00162 e. The van der Waals surface area contributed by atoms with E-state index in [4.69, 9.17) is 0 Å². The Morgan fingerprint density at radius 2 is 1.73 bits per heavy atom. The molecule has 0 aromatic rings. The molecule has 92 valence electrons. The second-order valence-electron chi connectivity index (χ2n) is 3.80. The predicted molar refractivity (Wildman–Crippen MR) is 72.3 cm³/mol. The molecule has 0 amide bonds. The van der Waals surface area contributed by atoms with E-state index in [-0.39, 0.29) is 0 Å². The summed E-state index contributed by atoms with van der Waals surface area (Å²) in [6.45, 7) is 17.1. The van der Waals surface area contributed by atoms with Crippen molar-refractivity contribution >= 4 is 0 Å². The summed E-state index contributed by atoms with van der Waals surface area (Å²) in [5.41, 5.74) is 1.42. The predicted octanol–water partition coefficient (Wildman–Crippen LogP) is 4.35. The third kappa shape index (κ3) is 8.68. The summed E-state index contributed by atoms with van der Waals surface area (Å²) in [7, 11) is 2.18. The molecular formula is C14H31N. The summed E-state index contributed by atoms with van der Waals surface area (Å²) in [6.07, 6.45) is 3.64. The number of hydrogen-bond acceptors (Lipinski definition) is 1. The second-order valence-corrected chi connectivity index (χ2v) is 3.80. The molecule has 0 aromatic carbocycles. The highest BCUT2D eigenvalue weighted by atomic mass is 15.1. The van der Waals surface area contributed by atoms with Crippen molar-refractivity contribution in [1.82, 2.24) is 4.90 Å². The largest absolute Gasteiger partial charge is 0.307 e. The van der Waals surface area contributed by atoms with E-state index in [0.29, 0.717) is 0 Å². The Labute approximate surface area is 97.6 Å². The Morgan fingerprint density at radius 1 is 1.20 bits per heavy atom. The quantitative estimate of drug-likeness (QED) is 0.568. The molecule has 0 N–H and O–H groups in total. The van der Waals surface area contributed by atoms with Gasteiger partial charge in [0.2, 0.25) is 0 Å². The average molecular weight is 213 g/mol. The van der Waals surface area contributed by atoms with Gasteiger partial charge in [0.05, 0.1) is 0 Å². The minimum absolute atomic E-state index is 0.735. The van der Waals surface area contributed by atoms with E-state index < -0.39 is 0 Å². The van der Waals surface area contributed by atoms with Crippen LogP contribution in [0.15, 0.2) is 12.2 Å². The molecule has 0 fully saturated rings. The van der Waals surface area contributed by atoms with Crippen molar-refractivity contribution in [2.45, 2.75) is 53.9 Å². The first-order valence-corrected chi connectivity index (χ1v) is 6.51. The van der Waals surface area contributed by atoms with Gasteiger partial charge in [-0.25, -0.2) is 0 Å². The molecule has 0 aromatic heterocycles. The fourth-order valence-electron chi connectivity index (χ4n) is 1.52. The third-order valence-corrected chi connectivity index (χ3v) is 2.92. The zero-order chi connectivity index (χ0) is 12.3. The van der Waals surface area contributed by atoms with E-state index in [0.717, 1.165) is 18.9 Å². The highest BCUT2D eigenvalue weighted by Gasteiger charge is 2.09. The topological polar surface area (TPSA) is 3.24 Å². The van der Waals surface area contributed by atoms with Crippen LogP contribution in [0.1, 0.15) is 53.9 Å². The van der Waals surface area contributed by atoms with Crippen molar-refractivity contribution in [3.05, 3.63) is 12.2 Å². The van der Waals surface area contributed by atoms with Gasteiger partial charge in [-0.1, -0.05) is 46.8 Å². The second kappa shape index (κ2) is 11.8. The maximum atomic E-state index is 4.13. The van der Waals surface area contributed by atoms with Gasteiger partial charge in [-0.05, 0) is 45.3 Å². The van der Waals surface area contributed by atoms with Gasteiger partial charge in [-0.2, -0.15) is 0 Å². The lowest BCUT2D eigenvalue weighted by molar-refractivity contribution is 0.321. The molecule has 0 spiro atoms. The van der Waals surface area contributed by atoms with Crippen LogP contribution in [0.3, 0.4) is 0 Å². The van der Waals surface area contributed by atoms with Crippen molar-refractivity contribution in [3.63, 3.8) is 0 Å². The maximum absolute atomic E-state index is 4.13. The Hall–Kier alpha value is -0.300. The van der Waals surface area contributed by atoms with Crippen molar-refractivity contribution in [3.8, 4) is 0 Å². The fraction of sp³-hybridized carbons (Fsp3) is 0.857. The van der Waals surface area contributed by atoms with Gasteiger partial charge < -0.3 is 4.90 Å². The van der Waals surface area contributed by atoms with E-state index >= 15 is 0 Å². The minimum atomic E-state index is 0.735. The monoisotopic (exact) mass is 213 g/mol. The third-order valence-electron chi connectivity index (χ3n) is 2.92. The molecule has 0 saturated heterocycles. The van der Waals surface area contributed by atoms with Crippen molar-refractivity contribution in [1.29, 1.82) is 0 Å². The van der Waals surface area contributed by atoms with Crippen molar-refractivity contribution < 1.29 is 0 Å². The van der Waals surface area contributed by atoms with E-state index in [1.54, 1.807) is 0 Å². The van der Waals surface area contributed by atoms with Crippen LogP contribution in [-0.2, 0) is 0 Å². The van der Waals surface area contributed by atoms with Crippen LogP contribution < -0.4 is 0 Å². The van der Waals surface area contributed by atoms with Crippen molar-refractivity contribution in [2.75, 3.05) is 20.1 Å². The zero-order valence-electron chi connectivity index (χ0n) is 11.8. The first-order chi connectivity index (χ1) is 7.15. The van der Waals surface area contributed by atoms with Gasteiger partial charge >= 0.3 is 0 Å². The van der Waals surface area contributed by atoms with Crippen LogP contribution in [0.25, 0.3) is 0 Å². The summed E-state index contributed by atoms with van der Waals surface area (Å²) in [6, 6.07) is 0. The lowest BCUT2D eigenvalue weighted by Crippen LogP contribution is -2.21. The summed E-state index contributed by atoms with van der Waals surface area (Å²) < 4.78 is 0. The Kier molecular flexibility index (Phi) is 13.4. The van der Waals surface area contributed by atoms with E-state index in [1.807, 2.05) is 13.8 Å². The molecule has 1 atom stereocenters. The number of allylic oxidation sites excluding steroid dienone is 1. The smallest absolute Gasteiger partial charge is 0.00162 e. The van der Waals surface area contributed by atoms with Gasteiger partial charge in [-0.15, -0.1) is 0 Å². The average Bonchev–Trinajstić information content (AvgIpc) is 2.31. The highest BCUT2D eigenvalue weighted by molar-refractivity contribution is 4.99. The van der Waals surface area contributed by atoms with E-state index in [2.05, 4.69) is 39.3 Å². The molecule has 0 rings (SSSR count). The van der Waals surface area contributed by atoms with Gasteiger partial charge in [0, 0.05) is 0 Å². The van der Waals surface area contributed by atoms with Crippen LogP contribution in [0.5, 0.6) is 0 Å². The molecule has 0 heterocycles. The molecule has 0 saturated carbocycles.